The second kappa shape index (κ2) is 9.68. The van der Waals surface area contributed by atoms with Crippen molar-refractivity contribution in [3.63, 3.8) is 0 Å². The van der Waals surface area contributed by atoms with Crippen molar-refractivity contribution in [1.29, 1.82) is 5.26 Å². The van der Waals surface area contributed by atoms with Crippen LogP contribution in [0.2, 0.25) is 0 Å². The van der Waals surface area contributed by atoms with Crippen LogP contribution in [0.5, 0.6) is 0 Å². The first kappa shape index (κ1) is 20.4. The van der Waals surface area contributed by atoms with Crippen LogP contribution in [0, 0.1) is 40.6 Å². The number of halogens is 2. The van der Waals surface area contributed by atoms with E-state index in [0.717, 1.165) is 37.0 Å². The molecule has 1 aliphatic carbocycles. The van der Waals surface area contributed by atoms with E-state index in [4.69, 9.17) is 5.26 Å². The van der Waals surface area contributed by atoms with Crippen molar-refractivity contribution in [2.75, 3.05) is 0 Å². The average Bonchev–Trinajstić information content (AvgIpc) is 2.62. The summed E-state index contributed by atoms with van der Waals surface area (Å²) >= 11 is 0.712. The van der Waals surface area contributed by atoms with Gasteiger partial charge in [0.1, 0.15) is 17.0 Å². The first-order valence-electron chi connectivity index (χ1n) is 7.85. The predicted octanol–water partition coefficient (Wildman–Crippen LogP) is 5.71. The molecule has 0 bridgehead atoms. The quantitative estimate of drug-likeness (QED) is 0.192. The number of nitriles is 1. The van der Waals surface area contributed by atoms with E-state index in [0.29, 0.717) is 17.3 Å². The van der Waals surface area contributed by atoms with Gasteiger partial charge < -0.3 is 6.42 Å². The van der Waals surface area contributed by atoms with Gasteiger partial charge in [-0.05, 0) is 47.2 Å². The molecule has 0 N–H and O–H groups in total. The van der Waals surface area contributed by atoms with Gasteiger partial charge in [0.15, 0.2) is 0 Å². The summed E-state index contributed by atoms with van der Waals surface area (Å²) in [6.45, 7) is 0. The van der Waals surface area contributed by atoms with Crippen molar-refractivity contribution in [1.82, 2.24) is 0 Å². The maximum atomic E-state index is 14.0. The summed E-state index contributed by atoms with van der Waals surface area (Å²) in [5.74, 6) is 3.83. The smallest absolute Gasteiger partial charge is 0.324 e. The molecule has 0 amide bonds. The number of rotatable bonds is 2. The van der Waals surface area contributed by atoms with Crippen molar-refractivity contribution in [3.05, 3.63) is 77.2 Å². The van der Waals surface area contributed by atoms with Crippen LogP contribution in [-0.2, 0) is 19.5 Å². The molecule has 131 valence electrons. The van der Waals surface area contributed by atoms with Gasteiger partial charge in [0, 0.05) is 10.5 Å². The topological polar surface area (TPSA) is 23.8 Å². The van der Waals surface area contributed by atoms with Crippen molar-refractivity contribution >= 4 is 17.3 Å². The molecule has 1 aliphatic rings. The van der Waals surface area contributed by atoms with Crippen molar-refractivity contribution in [2.24, 2.45) is 0 Å². The molecule has 0 heterocycles. The Morgan fingerprint density at radius 3 is 2.31 bits per heavy atom. The number of thiocyanates is 1. The molecule has 1 radical (unpaired) electrons. The van der Waals surface area contributed by atoms with Gasteiger partial charge >= 0.3 is 19.5 Å². The maximum absolute atomic E-state index is 14.0. The van der Waals surface area contributed by atoms with Crippen LogP contribution in [0.15, 0.2) is 47.4 Å². The van der Waals surface area contributed by atoms with E-state index in [1.165, 1.54) is 5.57 Å². The summed E-state index contributed by atoms with van der Waals surface area (Å²) in [5, 5.41) is 10.4. The Balaban J connectivity index is 0.00000243. The number of benzene rings is 2. The van der Waals surface area contributed by atoms with Gasteiger partial charge in [0.05, 0.1) is 5.56 Å². The van der Waals surface area contributed by atoms with Gasteiger partial charge in [-0.2, -0.15) is 18.1 Å². The molecule has 0 saturated carbocycles. The summed E-state index contributed by atoms with van der Waals surface area (Å²) in [6.07, 6.45) is 7.60. The largest absolute Gasteiger partial charge is 1.00 e. The Bertz CT molecular complexity index is 895. The number of allylic oxidation sites excluding steroid dienone is 2. The average molecular weight is 451 g/mol. The molecule has 0 aromatic heterocycles. The zero-order valence-corrected chi connectivity index (χ0v) is 16.3. The molecular weight excluding hydrogens is 437 g/mol. The second-order valence-electron chi connectivity index (χ2n) is 5.58. The van der Waals surface area contributed by atoms with Gasteiger partial charge in [-0.1, -0.05) is 30.4 Å². The van der Waals surface area contributed by atoms with Crippen LogP contribution in [-0.4, -0.2) is 0 Å². The minimum Gasteiger partial charge on any atom is -0.324 e. The van der Waals surface area contributed by atoms with Crippen molar-refractivity contribution in [2.45, 2.75) is 24.2 Å². The molecule has 0 fully saturated rings. The molecule has 2 aromatic carbocycles. The molecule has 0 atom stereocenters. The van der Waals surface area contributed by atoms with Crippen LogP contribution < -0.4 is 0 Å². The summed E-state index contributed by atoms with van der Waals surface area (Å²) < 4.78 is 27.9. The van der Waals surface area contributed by atoms with E-state index >= 15 is 0 Å². The Labute approximate surface area is 169 Å². The number of hydrogen-bond donors (Lipinski definition) is 0. The fourth-order valence-electron chi connectivity index (χ4n) is 2.65. The molecule has 26 heavy (non-hydrogen) atoms. The van der Waals surface area contributed by atoms with Crippen molar-refractivity contribution in [3.8, 4) is 17.2 Å². The zero-order valence-electron chi connectivity index (χ0n) is 13.7. The summed E-state index contributed by atoms with van der Waals surface area (Å²) in [7, 11) is 0. The number of hydrogen-bond acceptors (Lipinski definition) is 2. The molecule has 3 rings (SSSR count). The third kappa shape index (κ3) is 5.04. The summed E-state index contributed by atoms with van der Waals surface area (Å²) in [4.78, 5) is 0.227. The molecule has 0 unspecified atom stereocenters. The van der Waals surface area contributed by atoms with Crippen LogP contribution in [0.4, 0.5) is 8.78 Å². The molecular formula is C21H14F2NRuS. The van der Waals surface area contributed by atoms with Gasteiger partial charge in [-0.25, -0.2) is 8.78 Å². The van der Waals surface area contributed by atoms with Gasteiger partial charge in [-0.15, -0.1) is 6.08 Å². The summed E-state index contributed by atoms with van der Waals surface area (Å²) in [6, 6.07) is 9.93. The SMILES string of the molecule is N#CSc1cc(F)c(C#Cc2ccc(C3=CC[CH-]CC3)cc2)c(F)c1.[Ru+]. The Kier molecular flexibility index (Phi) is 7.58. The van der Waals surface area contributed by atoms with E-state index in [2.05, 4.69) is 24.3 Å². The Morgan fingerprint density at radius 1 is 1.04 bits per heavy atom. The Morgan fingerprint density at radius 2 is 1.73 bits per heavy atom. The van der Waals surface area contributed by atoms with Crippen LogP contribution in [0.25, 0.3) is 5.57 Å². The maximum Gasteiger partial charge on any atom is 1.00 e. The van der Waals surface area contributed by atoms with Crippen LogP contribution in [0.3, 0.4) is 0 Å². The standard InChI is InChI=1S/C21H14F2NS.Ru/c22-20-12-18(25-14-24)13-21(23)19(20)11-8-15-6-9-17(10-7-15)16-4-2-1-3-5-16;/h1,4,6-7,9-10,12-13H,2-3,5H2;/q-1;+1. The zero-order chi connectivity index (χ0) is 17.6. The molecule has 0 saturated heterocycles. The second-order valence-corrected chi connectivity index (χ2v) is 6.43. The third-order valence-corrected chi connectivity index (χ3v) is 4.48. The normalized spacial score (nSPS) is 12.9. The van der Waals surface area contributed by atoms with E-state index < -0.39 is 11.6 Å². The van der Waals surface area contributed by atoms with E-state index in [1.54, 1.807) is 5.40 Å². The van der Waals surface area contributed by atoms with Gasteiger partial charge in [-0.3, -0.25) is 0 Å². The molecule has 1 nitrogen and oxygen atoms in total. The fraction of sp³-hybridized carbons (Fsp3) is 0.143. The predicted molar refractivity (Wildman–Crippen MR) is 96.4 cm³/mol. The number of thioether (sulfide) groups is 1. The monoisotopic (exact) mass is 452 g/mol. The minimum absolute atomic E-state index is 0. The van der Waals surface area contributed by atoms with Crippen molar-refractivity contribution < 1.29 is 28.3 Å². The van der Waals surface area contributed by atoms with Gasteiger partial charge in [0.2, 0.25) is 0 Å². The molecule has 0 aliphatic heterocycles. The molecule has 5 heteroatoms. The van der Waals surface area contributed by atoms with E-state index in [9.17, 15) is 8.78 Å². The third-order valence-electron chi connectivity index (χ3n) is 3.92. The van der Waals surface area contributed by atoms with Crippen LogP contribution in [0.1, 0.15) is 36.0 Å². The first-order chi connectivity index (χ1) is 12.2. The van der Waals surface area contributed by atoms with Crippen LogP contribution >= 0.6 is 11.8 Å². The minimum atomic E-state index is -0.759. The molecule has 2 aromatic rings. The van der Waals surface area contributed by atoms with E-state index in [1.807, 2.05) is 24.3 Å². The summed E-state index contributed by atoms with van der Waals surface area (Å²) in [5.41, 5.74) is 2.90. The fourth-order valence-corrected chi connectivity index (χ4v) is 3.08. The van der Waals surface area contributed by atoms with Gasteiger partial charge in [0.25, 0.3) is 0 Å². The van der Waals surface area contributed by atoms with E-state index in [-0.39, 0.29) is 29.9 Å². The Hall–Kier alpha value is -1.94. The first-order valence-corrected chi connectivity index (χ1v) is 8.67. The number of nitrogens with zero attached hydrogens (tertiary/aromatic N) is 1. The molecule has 0 spiro atoms.